The zero-order chi connectivity index (χ0) is 13.1. The minimum atomic E-state index is -1.17. The van der Waals surface area contributed by atoms with E-state index in [9.17, 15) is 4.39 Å². The monoisotopic (exact) mass is 273 g/mol. The molecule has 2 N–H and O–H groups in total. The number of thioether (sulfide) groups is 2. The van der Waals surface area contributed by atoms with Crippen LogP contribution in [0.1, 0.15) is 19.4 Å². The van der Waals surface area contributed by atoms with E-state index < -0.39 is 5.67 Å². The van der Waals surface area contributed by atoms with Crippen molar-refractivity contribution in [1.82, 2.24) is 0 Å². The third-order valence-electron chi connectivity index (χ3n) is 2.77. The van der Waals surface area contributed by atoms with Crippen LogP contribution < -0.4 is 5.73 Å². The molecule has 1 unspecified atom stereocenters. The maximum absolute atomic E-state index is 14.0. The van der Waals surface area contributed by atoms with Crippen molar-refractivity contribution in [2.24, 2.45) is 0 Å². The lowest BCUT2D eigenvalue weighted by atomic mass is 9.99. The van der Waals surface area contributed by atoms with E-state index in [1.54, 1.807) is 37.4 Å². The van der Waals surface area contributed by atoms with Crippen LogP contribution in [0.3, 0.4) is 0 Å². The molecule has 17 heavy (non-hydrogen) atoms. The van der Waals surface area contributed by atoms with Crippen LogP contribution in [0.2, 0.25) is 0 Å². The lowest BCUT2D eigenvalue weighted by Crippen LogP contribution is -2.30. The van der Waals surface area contributed by atoms with Gasteiger partial charge in [-0.05, 0) is 50.5 Å². The summed E-state index contributed by atoms with van der Waals surface area (Å²) in [6.07, 6.45) is 4.69. The summed E-state index contributed by atoms with van der Waals surface area (Å²) in [4.78, 5) is 1.07. The Hall–Kier alpha value is -0.350. The Morgan fingerprint density at radius 1 is 1.35 bits per heavy atom. The van der Waals surface area contributed by atoms with Gasteiger partial charge >= 0.3 is 0 Å². The molecule has 96 valence electrons. The number of nitrogens with two attached hydrogens (primary N) is 1. The molecule has 1 atom stereocenters. The third kappa shape index (κ3) is 4.11. The molecule has 0 saturated heterocycles. The summed E-state index contributed by atoms with van der Waals surface area (Å²) in [5, 5.41) is -0.0270. The van der Waals surface area contributed by atoms with Crippen molar-refractivity contribution in [2.45, 2.75) is 36.1 Å². The van der Waals surface area contributed by atoms with E-state index in [0.29, 0.717) is 0 Å². The smallest absolute Gasteiger partial charge is 0.117 e. The third-order valence-corrected chi connectivity index (χ3v) is 4.86. The van der Waals surface area contributed by atoms with Gasteiger partial charge in [-0.3, -0.25) is 0 Å². The summed E-state index contributed by atoms with van der Waals surface area (Å²) in [5.41, 5.74) is 6.62. The van der Waals surface area contributed by atoms with Crippen LogP contribution in [0.15, 0.2) is 23.1 Å². The lowest BCUT2D eigenvalue weighted by Gasteiger charge is -2.25. The van der Waals surface area contributed by atoms with Crippen LogP contribution in [0.4, 0.5) is 10.1 Å². The summed E-state index contributed by atoms with van der Waals surface area (Å²) in [6.45, 7) is 3.28. The molecule has 0 radical (unpaired) electrons. The van der Waals surface area contributed by atoms with E-state index in [-0.39, 0.29) is 5.25 Å². The van der Waals surface area contributed by atoms with Gasteiger partial charge in [0.25, 0.3) is 0 Å². The molecule has 0 saturated carbocycles. The highest BCUT2D eigenvalue weighted by molar-refractivity contribution is 7.99. The standard InChI is InChI=1S/C13H20FNS2/c1-13(2,14)12(17-4)8-9-5-6-10(15)11(7-9)16-3/h5-7,12H,8,15H2,1-4H3. The highest BCUT2D eigenvalue weighted by Gasteiger charge is 2.28. The van der Waals surface area contributed by atoms with Gasteiger partial charge < -0.3 is 5.73 Å². The topological polar surface area (TPSA) is 26.0 Å². The Kier molecular flexibility index (Phi) is 5.20. The molecular formula is C13H20FNS2. The maximum atomic E-state index is 14.0. The van der Waals surface area contributed by atoms with E-state index >= 15 is 0 Å². The van der Waals surface area contributed by atoms with Gasteiger partial charge in [0.15, 0.2) is 0 Å². The second kappa shape index (κ2) is 6.01. The number of alkyl halides is 1. The van der Waals surface area contributed by atoms with Gasteiger partial charge in [-0.1, -0.05) is 6.07 Å². The Labute approximate surface area is 112 Å². The average Bonchev–Trinajstić information content (AvgIpc) is 2.26. The Morgan fingerprint density at radius 3 is 2.47 bits per heavy atom. The van der Waals surface area contributed by atoms with Crippen LogP contribution in [-0.4, -0.2) is 23.4 Å². The van der Waals surface area contributed by atoms with Crippen LogP contribution in [0.25, 0.3) is 0 Å². The molecule has 0 aliphatic rings. The molecule has 1 rings (SSSR count). The molecule has 0 amide bonds. The van der Waals surface area contributed by atoms with E-state index in [0.717, 1.165) is 22.6 Å². The summed E-state index contributed by atoms with van der Waals surface area (Å²) in [7, 11) is 0. The summed E-state index contributed by atoms with van der Waals surface area (Å²) < 4.78 is 14.0. The van der Waals surface area contributed by atoms with E-state index in [1.807, 2.05) is 24.6 Å². The number of hydrogen-bond acceptors (Lipinski definition) is 3. The van der Waals surface area contributed by atoms with Gasteiger partial charge in [0, 0.05) is 15.8 Å². The van der Waals surface area contributed by atoms with Crippen molar-refractivity contribution in [3.8, 4) is 0 Å². The van der Waals surface area contributed by atoms with E-state index in [4.69, 9.17) is 5.73 Å². The minimum absolute atomic E-state index is 0.0270. The number of rotatable bonds is 5. The Morgan fingerprint density at radius 2 is 2.00 bits per heavy atom. The summed E-state index contributed by atoms with van der Waals surface area (Å²) in [5.74, 6) is 0. The molecule has 0 bridgehead atoms. The number of hydrogen-bond donors (Lipinski definition) is 1. The van der Waals surface area contributed by atoms with Crippen LogP contribution in [0, 0.1) is 0 Å². The van der Waals surface area contributed by atoms with Crippen molar-refractivity contribution in [2.75, 3.05) is 18.2 Å². The second-order valence-electron chi connectivity index (χ2n) is 4.57. The van der Waals surface area contributed by atoms with Gasteiger partial charge in [-0.25, -0.2) is 4.39 Å². The first-order valence-corrected chi connectivity index (χ1v) is 8.04. The van der Waals surface area contributed by atoms with E-state index in [1.165, 1.54) is 0 Å². The van der Waals surface area contributed by atoms with E-state index in [2.05, 4.69) is 6.07 Å². The predicted octanol–water partition coefficient (Wildman–Crippen LogP) is 4.01. The second-order valence-corrected chi connectivity index (χ2v) is 6.46. The quantitative estimate of drug-likeness (QED) is 0.648. The average molecular weight is 273 g/mol. The van der Waals surface area contributed by atoms with Crippen LogP contribution in [-0.2, 0) is 6.42 Å². The van der Waals surface area contributed by atoms with Gasteiger partial charge in [0.2, 0.25) is 0 Å². The first-order valence-electron chi connectivity index (χ1n) is 5.52. The zero-order valence-electron chi connectivity index (χ0n) is 10.8. The van der Waals surface area contributed by atoms with Gasteiger partial charge in [-0.2, -0.15) is 11.8 Å². The molecule has 0 aliphatic carbocycles. The van der Waals surface area contributed by atoms with Crippen LogP contribution >= 0.6 is 23.5 Å². The molecular weight excluding hydrogens is 253 g/mol. The first-order chi connectivity index (χ1) is 7.88. The fourth-order valence-corrected chi connectivity index (χ4v) is 3.20. The zero-order valence-corrected chi connectivity index (χ0v) is 12.4. The number of anilines is 1. The molecule has 0 heterocycles. The first kappa shape index (κ1) is 14.7. The highest BCUT2D eigenvalue weighted by Crippen LogP contribution is 2.30. The minimum Gasteiger partial charge on any atom is -0.398 e. The normalized spacial score (nSPS) is 13.7. The number of nitrogen functional groups attached to an aromatic ring is 1. The van der Waals surface area contributed by atoms with Gasteiger partial charge in [-0.15, -0.1) is 11.8 Å². The Bertz CT molecular complexity index is 374. The highest BCUT2D eigenvalue weighted by atomic mass is 32.2. The molecule has 0 aliphatic heterocycles. The van der Waals surface area contributed by atoms with Crippen molar-refractivity contribution in [3.05, 3.63) is 23.8 Å². The maximum Gasteiger partial charge on any atom is 0.117 e. The predicted molar refractivity (Wildman–Crippen MR) is 78.8 cm³/mol. The van der Waals surface area contributed by atoms with Gasteiger partial charge in [0.05, 0.1) is 0 Å². The molecule has 0 aromatic heterocycles. The SMILES string of the molecule is CSc1cc(CC(SC)C(C)(C)F)ccc1N. The number of benzene rings is 1. The van der Waals surface area contributed by atoms with Crippen molar-refractivity contribution in [1.29, 1.82) is 0 Å². The molecule has 1 aromatic carbocycles. The van der Waals surface area contributed by atoms with Crippen molar-refractivity contribution < 1.29 is 4.39 Å². The Balaban J connectivity index is 2.87. The fraction of sp³-hybridized carbons (Fsp3) is 0.538. The van der Waals surface area contributed by atoms with Gasteiger partial charge in [0.1, 0.15) is 5.67 Å². The molecule has 0 fully saturated rings. The van der Waals surface area contributed by atoms with Crippen molar-refractivity contribution in [3.63, 3.8) is 0 Å². The van der Waals surface area contributed by atoms with Crippen molar-refractivity contribution >= 4 is 29.2 Å². The number of halogens is 1. The molecule has 1 aromatic rings. The summed E-state index contributed by atoms with van der Waals surface area (Å²) >= 11 is 3.20. The molecule has 1 nitrogen and oxygen atoms in total. The molecule has 0 spiro atoms. The lowest BCUT2D eigenvalue weighted by molar-refractivity contribution is 0.210. The fourth-order valence-electron chi connectivity index (χ4n) is 1.70. The largest absolute Gasteiger partial charge is 0.398 e. The summed E-state index contributed by atoms with van der Waals surface area (Å²) in [6, 6.07) is 5.96. The molecule has 4 heteroatoms. The van der Waals surface area contributed by atoms with Crippen LogP contribution in [0.5, 0.6) is 0 Å².